The van der Waals surface area contributed by atoms with Gasteiger partial charge in [0.2, 0.25) is 5.91 Å². The van der Waals surface area contributed by atoms with Gasteiger partial charge >= 0.3 is 0 Å². The molecule has 1 saturated heterocycles. The molecule has 0 aromatic heterocycles. The van der Waals surface area contributed by atoms with Gasteiger partial charge in [0.15, 0.2) is 6.29 Å². The highest BCUT2D eigenvalue weighted by atomic mass is 16.7. The van der Waals surface area contributed by atoms with Crippen LogP contribution in [-0.2, 0) is 14.3 Å². The first-order chi connectivity index (χ1) is 43.3. The van der Waals surface area contributed by atoms with Crippen LogP contribution in [0.5, 0.6) is 0 Å². The van der Waals surface area contributed by atoms with E-state index in [4.69, 9.17) is 9.47 Å². The Morgan fingerprint density at radius 2 is 0.625 bits per heavy atom. The number of carbonyl (C=O) groups excluding carboxylic acids is 1. The van der Waals surface area contributed by atoms with Crippen molar-refractivity contribution in [1.29, 1.82) is 0 Å². The van der Waals surface area contributed by atoms with Gasteiger partial charge in [-0.15, -0.1) is 0 Å². The second-order valence-corrected chi connectivity index (χ2v) is 28.2. The molecule has 1 aliphatic heterocycles. The molecule has 524 valence electrons. The maximum atomic E-state index is 13.2. The van der Waals surface area contributed by atoms with Crippen LogP contribution in [0, 0.1) is 0 Å². The van der Waals surface area contributed by atoms with Crippen LogP contribution in [0.15, 0.2) is 12.2 Å². The van der Waals surface area contributed by atoms with Crippen molar-refractivity contribution < 1.29 is 39.8 Å². The molecule has 0 aromatic rings. The number of aliphatic hydroxyl groups is 5. The second-order valence-electron chi connectivity index (χ2n) is 28.2. The van der Waals surface area contributed by atoms with E-state index >= 15 is 0 Å². The minimum atomic E-state index is -1.57. The van der Waals surface area contributed by atoms with Crippen LogP contribution in [0.4, 0.5) is 0 Å². The van der Waals surface area contributed by atoms with E-state index in [-0.39, 0.29) is 12.5 Å². The largest absolute Gasteiger partial charge is 0.394 e. The zero-order valence-electron chi connectivity index (χ0n) is 59.0. The fourth-order valence-electron chi connectivity index (χ4n) is 13.4. The molecule has 0 spiro atoms. The van der Waals surface area contributed by atoms with Crippen molar-refractivity contribution in [3.05, 3.63) is 12.2 Å². The lowest BCUT2D eigenvalue weighted by Gasteiger charge is -2.40. The topological polar surface area (TPSA) is 149 Å². The highest BCUT2D eigenvalue weighted by Gasteiger charge is 2.44. The van der Waals surface area contributed by atoms with Crippen LogP contribution in [-0.4, -0.2) is 87.5 Å². The molecule has 0 aliphatic carbocycles. The maximum Gasteiger partial charge on any atom is 0.220 e. The molecule has 0 radical (unpaired) electrons. The Balaban J connectivity index is 2.05. The van der Waals surface area contributed by atoms with Gasteiger partial charge in [-0.3, -0.25) is 4.79 Å². The number of aliphatic hydroxyl groups excluding tert-OH is 5. The Hall–Kier alpha value is -1.07. The number of hydrogen-bond donors (Lipinski definition) is 6. The van der Waals surface area contributed by atoms with Crippen LogP contribution >= 0.6 is 0 Å². The first-order valence-corrected chi connectivity index (χ1v) is 39.9. The number of hydrogen-bond acceptors (Lipinski definition) is 8. The first-order valence-electron chi connectivity index (χ1n) is 39.9. The maximum absolute atomic E-state index is 13.2. The summed E-state index contributed by atoms with van der Waals surface area (Å²) in [6.45, 7) is 3.86. The molecule has 0 saturated carbocycles. The Morgan fingerprint density at radius 1 is 0.375 bits per heavy atom. The highest BCUT2D eigenvalue weighted by molar-refractivity contribution is 5.76. The summed E-state index contributed by atoms with van der Waals surface area (Å²) in [5, 5.41) is 54.9. The van der Waals surface area contributed by atoms with Crippen LogP contribution in [0.3, 0.4) is 0 Å². The van der Waals surface area contributed by atoms with E-state index in [2.05, 4.69) is 19.2 Å². The lowest BCUT2D eigenvalue weighted by Crippen LogP contribution is -2.60. The molecule has 7 atom stereocenters. The summed E-state index contributed by atoms with van der Waals surface area (Å²) in [6, 6.07) is -0.803. The standard InChI is InChI=1S/C79H155NO8/c1-3-5-7-9-11-13-15-17-19-21-23-25-27-29-31-33-35-36-37-38-39-41-43-45-47-49-51-53-55-57-59-61-63-65-67-69-75(83)80-72(71-87-79-78(86)77(85)76(84)74(70-81)88-79)73(82)68-66-64-62-60-58-56-54-52-50-48-46-44-42-40-34-32-30-28-26-24-22-20-18-16-14-12-10-8-6-4-2/h66,68,72-74,76-79,81-82,84-86H,3-65,67,69-71H2,1-2H3,(H,80,83)/b68-66+. The Morgan fingerprint density at radius 3 is 0.886 bits per heavy atom. The molecule has 1 amide bonds. The average molecular weight is 1250 g/mol. The van der Waals surface area contributed by atoms with Crippen LogP contribution < -0.4 is 5.32 Å². The lowest BCUT2D eigenvalue weighted by atomic mass is 9.99. The van der Waals surface area contributed by atoms with Gasteiger partial charge in [-0.05, 0) is 19.3 Å². The van der Waals surface area contributed by atoms with Crippen molar-refractivity contribution in [1.82, 2.24) is 5.32 Å². The molecule has 88 heavy (non-hydrogen) atoms. The summed E-state index contributed by atoms with van der Waals surface area (Å²) >= 11 is 0. The van der Waals surface area contributed by atoms with Gasteiger partial charge in [0.1, 0.15) is 24.4 Å². The van der Waals surface area contributed by atoms with Gasteiger partial charge in [0.05, 0.1) is 25.4 Å². The third kappa shape index (κ3) is 56.5. The molecular weight excluding hydrogens is 1090 g/mol. The van der Waals surface area contributed by atoms with Gasteiger partial charge in [0, 0.05) is 6.42 Å². The quantitative estimate of drug-likeness (QED) is 0.0261. The Labute approximate surface area is 547 Å². The monoisotopic (exact) mass is 1250 g/mol. The first kappa shape index (κ1) is 84.9. The molecular formula is C79H155NO8. The number of nitrogens with one attached hydrogen (secondary N) is 1. The second kappa shape index (κ2) is 68.8. The number of ether oxygens (including phenoxy) is 2. The molecule has 7 unspecified atom stereocenters. The van der Waals surface area contributed by atoms with E-state index in [0.29, 0.717) is 6.42 Å². The summed E-state index contributed by atoms with van der Waals surface area (Å²) in [7, 11) is 0. The van der Waals surface area contributed by atoms with Gasteiger partial charge in [-0.25, -0.2) is 0 Å². The summed E-state index contributed by atoms with van der Waals surface area (Å²) in [5.74, 6) is -0.165. The predicted molar refractivity (Wildman–Crippen MR) is 378 cm³/mol. The average Bonchev–Trinajstić information content (AvgIpc) is 3.31. The Kier molecular flexibility index (Phi) is 66.4. The summed E-state index contributed by atoms with van der Waals surface area (Å²) in [6.07, 6.45) is 83.7. The zero-order valence-corrected chi connectivity index (χ0v) is 59.0. The van der Waals surface area contributed by atoms with E-state index in [0.717, 1.165) is 38.5 Å². The fourth-order valence-corrected chi connectivity index (χ4v) is 13.4. The van der Waals surface area contributed by atoms with Crippen molar-refractivity contribution in [2.24, 2.45) is 0 Å². The van der Waals surface area contributed by atoms with Crippen molar-refractivity contribution in [3.8, 4) is 0 Å². The molecule has 9 nitrogen and oxygen atoms in total. The van der Waals surface area contributed by atoms with Crippen molar-refractivity contribution in [2.75, 3.05) is 13.2 Å². The van der Waals surface area contributed by atoms with Gasteiger partial charge < -0.3 is 40.3 Å². The molecule has 0 bridgehead atoms. The molecule has 0 aromatic carbocycles. The molecule has 1 rings (SSSR count). The highest BCUT2D eigenvalue weighted by Crippen LogP contribution is 2.24. The van der Waals surface area contributed by atoms with Gasteiger partial charge in [-0.1, -0.05) is 418 Å². The van der Waals surface area contributed by atoms with E-state index in [9.17, 15) is 30.3 Å². The molecule has 1 fully saturated rings. The molecule has 9 heteroatoms. The van der Waals surface area contributed by atoms with Crippen LogP contribution in [0.25, 0.3) is 0 Å². The smallest absolute Gasteiger partial charge is 0.220 e. The van der Waals surface area contributed by atoms with Gasteiger partial charge in [-0.2, -0.15) is 0 Å². The zero-order chi connectivity index (χ0) is 63.5. The number of carbonyl (C=O) groups is 1. The number of amides is 1. The van der Waals surface area contributed by atoms with Crippen LogP contribution in [0.2, 0.25) is 0 Å². The predicted octanol–water partition coefficient (Wildman–Crippen LogP) is 22.6. The van der Waals surface area contributed by atoms with Crippen molar-refractivity contribution in [3.63, 3.8) is 0 Å². The number of allylic oxidation sites excluding steroid dienone is 1. The lowest BCUT2D eigenvalue weighted by molar-refractivity contribution is -0.302. The molecule has 1 heterocycles. The molecule has 1 aliphatic rings. The third-order valence-electron chi connectivity index (χ3n) is 19.6. The third-order valence-corrected chi connectivity index (χ3v) is 19.6. The molecule has 6 N–H and O–H groups in total. The summed E-state index contributed by atoms with van der Waals surface area (Å²) < 4.78 is 11.4. The van der Waals surface area contributed by atoms with E-state index in [1.54, 1.807) is 6.08 Å². The van der Waals surface area contributed by atoms with Gasteiger partial charge in [0.25, 0.3) is 0 Å². The van der Waals surface area contributed by atoms with Crippen molar-refractivity contribution in [2.45, 2.75) is 474 Å². The fraction of sp³-hybridized carbons (Fsp3) is 0.962. The normalized spacial score (nSPS) is 17.8. The minimum Gasteiger partial charge on any atom is -0.394 e. The SMILES string of the molecule is CCCCCCCCCCCCCCCCCCCCCCCCCCCCCC/C=C/C(O)C(COC1OC(CO)C(O)C(O)C1O)NC(=O)CCCCCCCCCCCCCCCCCCCCCCCCCCCCCCCCCCCCC. The van der Waals surface area contributed by atoms with Crippen LogP contribution in [0.1, 0.15) is 431 Å². The van der Waals surface area contributed by atoms with E-state index in [1.807, 2.05) is 6.08 Å². The van der Waals surface area contributed by atoms with Crippen molar-refractivity contribution >= 4 is 5.91 Å². The Bertz CT molecular complexity index is 1400. The summed E-state index contributed by atoms with van der Waals surface area (Å²) in [4.78, 5) is 13.2. The summed E-state index contributed by atoms with van der Waals surface area (Å²) in [5.41, 5.74) is 0. The number of unbranched alkanes of at least 4 members (excludes halogenated alkanes) is 62. The van der Waals surface area contributed by atoms with E-state index in [1.165, 1.54) is 372 Å². The number of rotatable bonds is 72. The van der Waals surface area contributed by atoms with E-state index < -0.39 is 49.5 Å². The minimum absolute atomic E-state index is 0.165.